The first-order valence-corrected chi connectivity index (χ1v) is 52.6. The van der Waals surface area contributed by atoms with Crippen molar-refractivity contribution in [3.63, 3.8) is 0 Å². The molecule has 27 rings (SSSR count). The molecule has 0 saturated carbocycles. The average Bonchev–Trinajstić information content (AvgIpc) is 1.67. The highest BCUT2D eigenvalue weighted by molar-refractivity contribution is 7.27. The van der Waals surface area contributed by atoms with E-state index in [0.717, 1.165) is 19.3 Å². The Kier molecular flexibility index (Phi) is 23.3. The third-order valence-electron chi connectivity index (χ3n) is 29.3. The predicted octanol–water partition coefficient (Wildman–Crippen LogP) is 41.7. The van der Waals surface area contributed by atoms with Gasteiger partial charge in [0, 0.05) is 60.5 Å². The third-order valence-corrected chi connectivity index (χ3v) is 33.0. The maximum absolute atomic E-state index is 2.43. The van der Waals surface area contributed by atoms with Gasteiger partial charge in [-0.15, -0.1) is 34.0 Å². The Labute approximate surface area is 846 Å². The van der Waals surface area contributed by atoms with E-state index in [1.807, 2.05) is 34.0 Å². The first-order valence-electron chi connectivity index (χ1n) is 50.1. The number of fused-ring (bicyclic) bond motifs is 15. The van der Waals surface area contributed by atoms with Crippen molar-refractivity contribution in [2.45, 2.75) is 52.9 Å². The quantitative estimate of drug-likeness (QED) is 0.0846. The van der Waals surface area contributed by atoms with Crippen molar-refractivity contribution >= 4 is 159 Å². The van der Waals surface area contributed by atoms with Crippen molar-refractivity contribution in [2.24, 2.45) is 0 Å². The van der Waals surface area contributed by atoms with Crippen molar-refractivity contribution in [1.29, 1.82) is 0 Å². The number of rotatable bonds is 16. The van der Waals surface area contributed by atoms with Crippen molar-refractivity contribution in [2.75, 3.05) is 0 Å². The summed E-state index contributed by atoms with van der Waals surface area (Å²) in [5, 5.41) is 23.4. The largest absolute Gasteiger partial charge is 0.135 e. The zero-order valence-corrected chi connectivity index (χ0v) is 82.6. The van der Waals surface area contributed by atoms with Crippen molar-refractivity contribution in [3.8, 4) is 134 Å². The Morgan fingerprint density at radius 1 is 0.168 bits per heavy atom. The number of benzene rings is 24. The second-order valence-electron chi connectivity index (χ2n) is 38.1. The molecule has 27 aromatic rings. The minimum absolute atomic E-state index is 0.491. The number of aryl methyl sites for hydroxylation is 2. The molecule has 24 aromatic carbocycles. The number of thiophene rings is 3. The molecule has 0 unspecified atom stereocenters. The Hall–Kier alpha value is -16.5. The minimum atomic E-state index is 0.491. The summed E-state index contributed by atoms with van der Waals surface area (Å²) in [4.78, 5) is 0. The van der Waals surface area contributed by atoms with E-state index in [1.54, 1.807) is 0 Å². The summed E-state index contributed by atoms with van der Waals surface area (Å²) in [6.45, 7) is 8.99. The van der Waals surface area contributed by atoms with Crippen molar-refractivity contribution in [1.82, 2.24) is 0 Å². The Bertz CT molecular complexity index is 9570. The van der Waals surface area contributed by atoms with Crippen LogP contribution in [0.15, 0.2) is 491 Å². The molecule has 0 fully saturated rings. The van der Waals surface area contributed by atoms with Gasteiger partial charge in [-0.05, 0) is 288 Å². The molecule has 0 nitrogen and oxygen atoms in total. The lowest BCUT2D eigenvalue weighted by molar-refractivity contribution is 0.867. The van der Waals surface area contributed by atoms with Crippen LogP contribution in [0.25, 0.3) is 259 Å². The topological polar surface area (TPSA) is 0 Å². The molecule has 3 aromatic heterocycles. The van der Waals surface area contributed by atoms with E-state index in [2.05, 4.69) is 519 Å². The van der Waals surface area contributed by atoms with Crippen molar-refractivity contribution in [3.05, 3.63) is 508 Å². The summed E-state index contributed by atoms with van der Waals surface area (Å²) in [7, 11) is 0. The van der Waals surface area contributed by atoms with Crippen LogP contribution in [-0.2, 0) is 12.8 Å². The summed E-state index contributed by atoms with van der Waals surface area (Å²) in [6, 6.07) is 182. The highest BCUT2D eigenvalue weighted by Crippen LogP contribution is 2.53. The molecule has 0 spiro atoms. The Morgan fingerprint density at radius 2 is 0.392 bits per heavy atom. The Morgan fingerprint density at radius 3 is 0.692 bits per heavy atom. The van der Waals surface area contributed by atoms with E-state index in [0.29, 0.717) is 5.92 Å². The molecule has 0 N–H and O–H groups in total. The summed E-state index contributed by atoms with van der Waals surface area (Å²) in [6.07, 6.45) is 3.28. The van der Waals surface area contributed by atoms with E-state index >= 15 is 0 Å². The van der Waals surface area contributed by atoms with Gasteiger partial charge in [-0.2, -0.15) is 0 Å². The monoisotopic (exact) mass is 1880 g/mol. The zero-order valence-electron chi connectivity index (χ0n) is 80.2. The third kappa shape index (κ3) is 16.2. The normalized spacial score (nSPS) is 11.6. The van der Waals surface area contributed by atoms with Gasteiger partial charge in [-0.1, -0.05) is 471 Å². The summed E-state index contributed by atoms with van der Waals surface area (Å²) in [5.74, 6) is 0.491. The maximum Gasteiger partial charge on any atom is 0.0433 e. The molecule has 0 atom stereocenters. The van der Waals surface area contributed by atoms with Gasteiger partial charge in [-0.25, -0.2) is 0 Å². The maximum atomic E-state index is 2.43. The molecule has 0 aliphatic heterocycles. The van der Waals surface area contributed by atoms with Gasteiger partial charge in [0.1, 0.15) is 0 Å². The summed E-state index contributed by atoms with van der Waals surface area (Å²) in [5.41, 5.74) is 34.4. The minimum Gasteiger partial charge on any atom is -0.135 e. The smallest absolute Gasteiger partial charge is 0.0433 e. The van der Waals surface area contributed by atoms with E-state index < -0.39 is 0 Å². The number of hydrogen-bond acceptors (Lipinski definition) is 3. The van der Waals surface area contributed by atoms with Crippen molar-refractivity contribution < 1.29 is 0 Å². The van der Waals surface area contributed by atoms with Gasteiger partial charge in [0.05, 0.1) is 0 Å². The molecule has 0 radical (unpaired) electrons. The molecule has 0 bridgehead atoms. The SMILES string of the molecule is CC(C)c1ccc(-c2c3ccccc3c(-c3ccccc3)c3ccc(-c4cccc(-c5cccc6c5sc5ccccc56)c4)cc23)cc1.CCCc1ccc(-c2c3ccccc3c(-c3ccccc3)c3ccc(-c4cccc(-c5cccc6c5sc5ccccc56)c4)cc23)cc1.CCc1ccc(-c2c3ccccc3c(-c3ccccc3)c3ccc(-c4cccc(-c5cccc6c5sc5ccccc56)c4)cc23)cc1. The van der Waals surface area contributed by atoms with E-state index in [-0.39, 0.29) is 0 Å². The van der Waals surface area contributed by atoms with Crippen LogP contribution in [0.3, 0.4) is 0 Å². The first-order chi connectivity index (χ1) is 70.7. The fourth-order valence-corrected chi connectivity index (χ4v) is 26.1. The summed E-state index contributed by atoms with van der Waals surface area (Å²) >= 11 is 5.67. The lowest BCUT2D eigenvalue weighted by Gasteiger charge is -2.19. The summed E-state index contributed by atoms with van der Waals surface area (Å²) < 4.78 is 8.05. The van der Waals surface area contributed by atoms with E-state index in [4.69, 9.17) is 0 Å². The van der Waals surface area contributed by atoms with Gasteiger partial charge < -0.3 is 0 Å². The molecule has 0 saturated heterocycles. The molecule has 3 heterocycles. The van der Waals surface area contributed by atoms with Crippen LogP contribution < -0.4 is 0 Å². The Balaban J connectivity index is 0.000000113. The van der Waals surface area contributed by atoms with Crippen LogP contribution in [0.2, 0.25) is 0 Å². The standard InChI is InChI=1S/2C47H34S.C46H32S/c1-30(2)31-22-24-33(25-23-31)46-40-18-7-6-17-39(40)45(32-12-4-3-5-13-32)41-27-26-35(29-43(41)46)34-14-10-15-36(28-34)37-19-11-20-42-38-16-8-9-21-44(38)48-47(37)42;1-2-12-31-23-25-33(26-24-31)46-40-19-7-6-18-39(40)45(32-13-4-3-5-14-32)41-28-27-35(30-43(41)46)34-15-10-16-36(29-34)37-20-11-21-42-38-17-8-9-22-44(38)48-47(37)42;1-2-30-22-24-32(25-23-30)45-39-18-7-6-17-38(39)44(31-12-4-3-5-13-31)40-27-26-34(29-42(40)45)33-14-10-15-35(28-33)36-19-11-20-41-37-16-8-9-21-43(37)47-46(36)41/h3-30H,1-2H3;3-11,13-30H,2,12H2,1H3;3-29H,2H2,1H3. The second-order valence-corrected chi connectivity index (χ2v) is 41.3. The van der Waals surface area contributed by atoms with Gasteiger partial charge in [0.25, 0.3) is 0 Å². The highest BCUT2D eigenvalue weighted by atomic mass is 32.1. The number of hydrogen-bond donors (Lipinski definition) is 0. The fourth-order valence-electron chi connectivity index (χ4n) is 22.3. The predicted molar refractivity (Wildman–Crippen MR) is 626 cm³/mol. The van der Waals surface area contributed by atoms with Gasteiger partial charge in [-0.3, -0.25) is 0 Å². The second kappa shape index (κ2) is 37.9. The van der Waals surface area contributed by atoms with Crippen LogP contribution in [0.5, 0.6) is 0 Å². The van der Waals surface area contributed by atoms with Crippen LogP contribution in [0.4, 0.5) is 0 Å². The molecule has 678 valence electrons. The zero-order chi connectivity index (χ0) is 95.5. The molecule has 0 aliphatic carbocycles. The molecule has 0 aliphatic rings. The molecule has 0 amide bonds. The van der Waals surface area contributed by atoms with Gasteiger partial charge >= 0.3 is 0 Å². The molecular formula is C140H100S3. The van der Waals surface area contributed by atoms with Crippen LogP contribution in [-0.4, -0.2) is 0 Å². The fraction of sp³-hybridized carbons (Fsp3) is 0.0571. The lowest BCUT2D eigenvalue weighted by Crippen LogP contribution is -1.93. The first kappa shape index (κ1) is 88.0. The molecule has 3 heteroatoms. The van der Waals surface area contributed by atoms with E-state index in [1.165, 1.54) is 275 Å². The van der Waals surface area contributed by atoms with E-state index in [9.17, 15) is 0 Å². The van der Waals surface area contributed by atoms with Crippen LogP contribution in [0, 0.1) is 0 Å². The lowest BCUT2D eigenvalue weighted by atomic mass is 9.84. The van der Waals surface area contributed by atoms with Gasteiger partial charge in [0.2, 0.25) is 0 Å². The molecule has 143 heavy (non-hydrogen) atoms. The van der Waals surface area contributed by atoms with Crippen LogP contribution >= 0.6 is 34.0 Å². The molecular weight excluding hydrogens is 1780 g/mol. The van der Waals surface area contributed by atoms with Gasteiger partial charge in [0.15, 0.2) is 0 Å². The highest BCUT2D eigenvalue weighted by Gasteiger charge is 2.25. The van der Waals surface area contributed by atoms with Crippen LogP contribution in [0.1, 0.15) is 56.7 Å². The average molecular weight is 1880 g/mol.